The second-order valence-corrected chi connectivity index (χ2v) is 5.94. The van der Waals surface area contributed by atoms with Crippen LogP contribution in [0.2, 0.25) is 0 Å². The number of piperidine rings is 1. The second kappa shape index (κ2) is 6.37. The van der Waals surface area contributed by atoms with Crippen molar-refractivity contribution in [3.8, 4) is 0 Å². The first kappa shape index (κ1) is 15.0. The van der Waals surface area contributed by atoms with Crippen LogP contribution < -0.4 is 0 Å². The molecule has 1 aromatic rings. The van der Waals surface area contributed by atoms with Gasteiger partial charge in [0.25, 0.3) is 0 Å². The second-order valence-electron chi connectivity index (χ2n) is 5.94. The van der Waals surface area contributed by atoms with Gasteiger partial charge in [-0.05, 0) is 63.7 Å². The molecule has 0 aromatic heterocycles. The van der Waals surface area contributed by atoms with Gasteiger partial charge in [0.1, 0.15) is 0 Å². The molecule has 0 aliphatic carbocycles. The Balaban J connectivity index is 2.04. The van der Waals surface area contributed by atoms with Crippen LogP contribution in [0.5, 0.6) is 0 Å². The van der Waals surface area contributed by atoms with E-state index in [9.17, 15) is 4.79 Å². The SMILES string of the molecule is Cc1cc(C(=O)O)ccc1CN1CCCC(N(C)C)C1. The molecule has 0 radical (unpaired) electrons. The van der Waals surface area contributed by atoms with Gasteiger partial charge in [-0.1, -0.05) is 6.07 Å². The van der Waals surface area contributed by atoms with E-state index < -0.39 is 5.97 Å². The van der Waals surface area contributed by atoms with Crippen molar-refractivity contribution >= 4 is 5.97 Å². The molecule has 1 fully saturated rings. The van der Waals surface area contributed by atoms with Crippen LogP contribution in [0.3, 0.4) is 0 Å². The number of nitrogens with zero attached hydrogens (tertiary/aromatic N) is 2. The normalized spacial score (nSPS) is 20.3. The number of hydrogen-bond acceptors (Lipinski definition) is 3. The lowest BCUT2D eigenvalue weighted by molar-refractivity contribution is 0.0696. The van der Waals surface area contributed by atoms with Crippen molar-refractivity contribution in [2.75, 3.05) is 27.2 Å². The van der Waals surface area contributed by atoms with Gasteiger partial charge in [0.05, 0.1) is 5.56 Å². The minimum absolute atomic E-state index is 0.371. The number of carboxylic acids is 1. The molecule has 1 heterocycles. The number of likely N-dealkylation sites (N-methyl/N-ethyl adjacent to an activating group) is 1. The summed E-state index contributed by atoms with van der Waals surface area (Å²) < 4.78 is 0. The van der Waals surface area contributed by atoms with Crippen LogP contribution in [-0.4, -0.2) is 54.1 Å². The zero-order valence-corrected chi connectivity index (χ0v) is 12.6. The monoisotopic (exact) mass is 276 g/mol. The van der Waals surface area contributed by atoms with Crippen molar-refractivity contribution in [1.29, 1.82) is 0 Å². The van der Waals surface area contributed by atoms with Crippen molar-refractivity contribution in [3.05, 3.63) is 34.9 Å². The van der Waals surface area contributed by atoms with Crippen molar-refractivity contribution in [1.82, 2.24) is 9.80 Å². The van der Waals surface area contributed by atoms with Gasteiger partial charge in [0, 0.05) is 19.1 Å². The van der Waals surface area contributed by atoms with Crippen LogP contribution in [-0.2, 0) is 6.54 Å². The quantitative estimate of drug-likeness (QED) is 0.916. The summed E-state index contributed by atoms with van der Waals surface area (Å²) in [4.78, 5) is 15.7. The maximum absolute atomic E-state index is 11.0. The van der Waals surface area contributed by atoms with Crippen LogP contribution >= 0.6 is 0 Å². The maximum atomic E-state index is 11.0. The summed E-state index contributed by atoms with van der Waals surface area (Å²) in [6.07, 6.45) is 2.50. The number of hydrogen-bond donors (Lipinski definition) is 1. The highest BCUT2D eigenvalue weighted by Gasteiger charge is 2.21. The summed E-state index contributed by atoms with van der Waals surface area (Å²) in [6, 6.07) is 6.06. The molecule has 1 saturated heterocycles. The fourth-order valence-electron chi connectivity index (χ4n) is 2.84. The average Bonchev–Trinajstić information content (AvgIpc) is 2.41. The molecule has 0 saturated carbocycles. The number of benzene rings is 1. The number of aromatic carboxylic acids is 1. The Bertz CT molecular complexity index is 485. The van der Waals surface area contributed by atoms with Crippen molar-refractivity contribution in [2.24, 2.45) is 0 Å². The molecule has 20 heavy (non-hydrogen) atoms. The summed E-state index contributed by atoms with van der Waals surface area (Å²) in [7, 11) is 4.28. The molecule has 4 heteroatoms. The number of carboxylic acid groups (broad SMARTS) is 1. The Morgan fingerprint density at radius 1 is 1.45 bits per heavy atom. The van der Waals surface area contributed by atoms with Crippen LogP contribution in [0.4, 0.5) is 0 Å². The summed E-state index contributed by atoms with van der Waals surface area (Å²) in [5, 5.41) is 9.00. The molecule has 1 atom stereocenters. The molecule has 2 rings (SSSR count). The predicted octanol–water partition coefficient (Wildman–Crippen LogP) is 2.22. The van der Waals surface area contributed by atoms with E-state index in [1.807, 2.05) is 13.0 Å². The Labute approximate surface area is 121 Å². The third-order valence-electron chi connectivity index (χ3n) is 4.19. The van der Waals surface area contributed by atoms with Crippen LogP contribution in [0.15, 0.2) is 18.2 Å². The largest absolute Gasteiger partial charge is 0.478 e. The molecule has 1 aliphatic rings. The molecule has 1 unspecified atom stereocenters. The lowest BCUT2D eigenvalue weighted by atomic mass is 10.0. The zero-order chi connectivity index (χ0) is 14.7. The van der Waals surface area contributed by atoms with Crippen molar-refractivity contribution in [2.45, 2.75) is 32.4 Å². The Kier molecular flexibility index (Phi) is 4.78. The van der Waals surface area contributed by atoms with E-state index in [-0.39, 0.29) is 0 Å². The molecule has 110 valence electrons. The average molecular weight is 276 g/mol. The van der Waals surface area contributed by atoms with E-state index in [2.05, 4.69) is 23.9 Å². The topological polar surface area (TPSA) is 43.8 Å². The highest BCUT2D eigenvalue weighted by Crippen LogP contribution is 2.19. The first-order valence-corrected chi connectivity index (χ1v) is 7.19. The Morgan fingerprint density at radius 3 is 2.80 bits per heavy atom. The molecule has 0 spiro atoms. The highest BCUT2D eigenvalue weighted by atomic mass is 16.4. The number of rotatable bonds is 4. The van der Waals surface area contributed by atoms with Gasteiger partial charge < -0.3 is 10.0 Å². The van der Waals surface area contributed by atoms with Gasteiger partial charge in [0.15, 0.2) is 0 Å². The third kappa shape index (κ3) is 3.58. The lowest BCUT2D eigenvalue weighted by Gasteiger charge is -2.36. The third-order valence-corrected chi connectivity index (χ3v) is 4.19. The highest BCUT2D eigenvalue weighted by molar-refractivity contribution is 5.87. The molecular weight excluding hydrogens is 252 g/mol. The first-order valence-electron chi connectivity index (χ1n) is 7.19. The van der Waals surface area contributed by atoms with E-state index in [1.54, 1.807) is 12.1 Å². The van der Waals surface area contributed by atoms with E-state index in [1.165, 1.54) is 18.4 Å². The number of carbonyl (C=O) groups is 1. The minimum atomic E-state index is -0.856. The standard InChI is InChI=1S/C16H24N2O2/c1-12-9-13(16(19)20)6-7-14(12)10-18-8-4-5-15(11-18)17(2)3/h6-7,9,15H,4-5,8,10-11H2,1-3H3,(H,19,20). The van der Waals surface area contributed by atoms with Crippen molar-refractivity contribution in [3.63, 3.8) is 0 Å². The summed E-state index contributed by atoms with van der Waals surface area (Å²) in [5.74, 6) is -0.856. The van der Waals surface area contributed by atoms with Crippen LogP contribution in [0.25, 0.3) is 0 Å². The molecule has 0 bridgehead atoms. The van der Waals surface area contributed by atoms with Crippen molar-refractivity contribution < 1.29 is 9.90 Å². The first-order chi connectivity index (χ1) is 9.47. The van der Waals surface area contributed by atoms with Gasteiger partial charge >= 0.3 is 5.97 Å². The van der Waals surface area contributed by atoms with E-state index in [4.69, 9.17) is 5.11 Å². The molecule has 1 N–H and O–H groups in total. The smallest absolute Gasteiger partial charge is 0.335 e. The fraction of sp³-hybridized carbons (Fsp3) is 0.562. The molecule has 1 aliphatic heterocycles. The van der Waals surface area contributed by atoms with E-state index in [0.29, 0.717) is 11.6 Å². The van der Waals surface area contributed by atoms with E-state index in [0.717, 1.165) is 25.2 Å². The lowest BCUT2D eigenvalue weighted by Crippen LogP contribution is -2.44. The Morgan fingerprint density at radius 2 is 2.20 bits per heavy atom. The predicted molar refractivity (Wildman–Crippen MR) is 80.1 cm³/mol. The molecular formula is C16H24N2O2. The Hall–Kier alpha value is -1.39. The number of aryl methyl sites for hydroxylation is 1. The van der Waals surface area contributed by atoms with Crippen LogP contribution in [0.1, 0.15) is 34.3 Å². The molecule has 0 amide bonds. The summed E-state index contributed by atoms with van der Waals surface area (Å²) >= 11 is 0. The van der Waals surface area contributed by atoms with Gasteiger partial charge in [-0.15, -0.1) is 0 Å². The molecule has 4 nitrogen and oxygen atoms in total. The summed E-state index contributed by atoms with van der Waals surface area (Å²) in [6.45, 7) is 5.13. The van der Waals surface area contributed by atoms with Crippen LogP contribution in [0, 0.1) is 6.92 Å². The summed E-state index contributed by atoms with van der Waals surface area (Å²) in [5.41, 5.74) is 2.67. The van der Waals surface area contributed by atoms with Gasteiger partial charge in [-0.2, -0.15) is 0 Å². The molecule has 1 aromatic carbocycles. The zero-order valence-electron chi connectivity index (χ0n) is 12.6. The van der Waals surface area contributed by atoms with Gasteiger partial charge in [-0.25, -0.2) is 4.79 Å². The van der Waals surface area contributed by atoms with Gasteiger partial charge in [-0.3, -0.25) is 4.90 Å². The maximum Gasteiger partial charge on any atom is 0.335 e. The van der Waals surface area contributed by atoms with E-state index >= 15 is 0 Å². The number of likely N-dealkylation sites (tertiary alicyclic amines) is 1. The fourth-order valence-corrected chi connectivity index (χ4v) is 2.84. The minimum Gasteiger partial charge on any atom is -0.478 e. The van der Waals surface area contributed by atoms with Gasteiger partial charge in [0.2, 0.25) is 0 Å².